The van der Waals surface area contributed by atoms with E-state index in [0.29, 0.717) is 12.2 Å². The maximum atomic E-state index is 9.25. The van der Waals surface area contributed by atoms with Crippen LogP contribution in [-0.4, -0.2) is 48.1 Å². The molecule has 2 heterocycles. The second-order valence-electron chi connectivity index (χ2n) is 3.32. The van der Waals surface area contributed by atoms with Crippen molar-refractivity contribution in [3.63, 3.8) is 0 Å². The van der Waals surface area contributed by atoms with Gasteiger partial charge in [0.05, 0.1) is 12.7 Å². The molecule has 0 spiro atoms. The molecular formula is C9H11N5O2. The monoisotopic (exact) mass is 221 g/mol. The maximum Gasteiger partial charge on any atom is 0.156 e. The number of hydrogen-bond donors (Lipinski definition) is 2. The summed E-state index contributed by atoms with van der Waals surface area (Å²) in [6, 6.07) is 3.55. The standard InChI is InChI=1S/C9H11N5O2/c15-5-8(16)3-7-1-2-9(10-4-7)14-6-11-12-13-14/h1-2,4,6,8,15-16H,3,5H2. The second kappa shape index (κ2) is 4.77. The Morgan fingerprint density at radius 1 is 1.38 bits per heavy atom. The van der Waals surface area contributed by atoms with Crippen molar-refractivity contribution >= 4 is 0 Å². The predicted octanol–water partition coefficient (Wildman–Crippen LogP) is -1.05. The van der Waals surface area contributed by atoms with Gasteiger partial charge in [-0.1, -0.05) is 6.07 Å². The van der Waals surface area contributed by atoms with Crippen LogP contribution in [0.5, 0.6) is 0 Å². The van der Waals surface area contributed by atoms with Gasteiger partial charge < -0.3 is 10.2 Å². The van der Waals surface area contributed by atoms with E-state index < -0.39 is 6.10 Å². The van der Waals surface area contributed by atoms with Crippen LogP contribution in [0.2, 0.25) is 0 Å². The van der Waals surface area contributed by atoms with E-state index in [2.05, 4.69) is 20.5 Å². The molecule has 0 saturated heterocycles. The summed E-state index contributed by atoms with van der Waals surface area (Å²) in [5, 5.41) is 28.7. The van der Waals surface area contributed by atoms with Crippen LogP contribution in [0.4, 0.5) is 0 Å². The van der Waals surface area contributed by atoms with Crippen molar-refractivity contribution in [2.75, 3.05) is 6.61 Å². The van der Waals surface area contributed by atoms with Crippen LogP contribution in [0.25, 0.3) is 5.82 Å². The summed E-state index contributed by atoms with van der Waals surface area (Å²) in [6.07, 6.45) is 2.69. The Morgan fingerprint density at radius 3 is 2.81 bits per heavy atom. The third kappa shape index (κ3) is 2.38. The topological polar surface area (TPSA) is 97.0 Å². The fourth-order valence-electron chi connectivity index (χ4n) is 1.28. The van der Waals surface area contributed by atoms with Gasteiger partial charge in [0, 0.05) is 12.6 Å². The first kappa shape index (κ1) is 10.7. The van der Waals surface area contributed by atoms with Crippen molar-refractivity contribution in [3.8, 4) is 5.82 Å². The number of pyridine rings is 1. The molecule has 0 aliphatic heterocycles. The molecule has 7 nitrogen and oxygen atoms in total. The molecule has 0 aromatic carbocycles. The molecule has 0 aliphatic carbocycles. The molecule has 84 valence electrons. The van der Waals surface area contributed by atoms with Gasteiger partial charge in [0.15, 0.2) is 5.82 Å². The molecule has 2 aromatic rings. The van der Waals surface area contributed by atoms with E-state index in [1.165, 1.54) is 11.0 Å². The molecule has 0 amide bonds. The highest BCUT2D eigenvalue weighted by Crippen LogP contribution is 2.05. The van der Waals surface area contributed by atoms with Gasteiger partial charge in [-0.15, -0.1) is 5.10 Å². The first-order chi connectivity index (χ1) is 7.79. The normalized spacial score (nSPS) is 12.6. The van der Waals surface area contributed by atoms with Crippen molar-refractivity contribution in [3.05, 3.63) is 30.2 Å². The minimum absolute atomic E-state index is 0.255. The van der Waals surface area contributed by atoms with E-state index in [-0.39, 0.29) is 6.61 Å². The third-order valence-electron chi connectivity index (χ3n) is 2.07. The van der Waals surface area contributed by atoms with Crippen LogP contribution in [0.3, 0.4) is 0 Å². The van der Waals surface area contributed by atoms with Crippen molar-refractivity contribution < 1.29 is 10.2 Å². The molecule has 0 bridgehead atoms. The van der Waals surface area contributed by atoms with Crippen molar-refractivity contribution in [1.29, 1.82) is 0 Å². The van der Waals surface area contributed by atoms with Crippen LogP contribution < -0.4 is 0 Å². The molecule has 0 radical (unpaired) electrons. The summed E-state index contributed by atoms with van der Waals surface area (Å²) < 4.78 is 1.44. The van der Waals surface area contributed by atoms with E-state index in [1.54, 1.807) is 12.3 Å². The summed E-state index contributed by atoms with van der Waals surface area (Å²) in [5.74, 6) is 0.604. The fourth-order valence-corrected chi connectivity index (χ4v) is 1.28. The smallest absolute Gasteiger partial charge is 0.156 e. The molecule has 1 atom stereocenters. The molecule has 7 heteroatoms. The lowest BCUT2D eigenvalue weighted by Crippen LogP contribution is -2.15. The van der Waals surface area contributed by atoms with Gasteiger partial charge in [-0.3, -0.25) is 0 Å². The van der Waals surface area contributed by atoms with Gasteiger partial charge in [0.2, 0.25) is 0 Å². The lowest BCUT2D eigenvalue weighted by molar-refractivity contribution is 0.0954. The second-order valence-corrected chi connectivity index (χ2v) is 3.32. The molecule has 0 saturated carbocycles. The molecule has 2 rings (SSSR count). The van der Waals surface area contributed by atoms with E-state index in [9.17, 15) is 5.11 Å². The van der Waals surface area contributed by atoms with Crippen LogP contribution >= 0.6 is 0 Å². The van der Waals surface area contributed by atoms with Crippen LogP contribution in [0.1, 0.15) is 5.56 Å². The Balaban J connectivity index is 2.11. The third-order valence-corrected chi connectivity index (χ3v) is 2.07. The number of aromatic nitrogens is 5. The molecule has 0 aliphatic rings. The summed E-state index contributed by atoms with van der Waals surface area (Å²) in [7, 11) is 0. The van der Waals surface area contributed by atoms with Crippen LogP contribution in [0, 0.1) is 0 Å². The minimum atomic E-state index is -0.749. The number of tetrazole rings is 1. The lowest BCUT2D eigenvalue weighted by Gasteiger charge is -2.06. The molecule has 1 unspecified atom stereocenters. The number of nitrogens with zero attached hydrogens (tertiary/aromatic N) is 5. The van der Waals surface area contributed by atoms with Crippen LogP contribution in [0.15, 0.2) is 24.7 Å². The summed E-state index contributed by atoms with van der Waals surface area (Å²) in [6.45, 7) is -0.255. The average Bonchev–Trinajstić information content (AvgIpc) is 2.83. The van der Waals surface area contributed by atoms with Gasteiger partial charge >= 0.3 is 0 Å². The average molecular weight is 221 g/mol. The largest absolute Gasteiger partial charge is 0.394 e. The molecule has 2 N–H and O–H groups in total. The summed E-state index contributed by atoms with van der Waals surface area (Å²) >= 11 is 0. The zero-order valence-corrected chi connectivity index (χ0v) is 8.43. The predicted molar refractivity (Wildman–Crippen MR) is 53.7 cm³/mol. The number of aliphatic hydroxyl groups is 2. The first-order valence-corrected chi connectivity index (χ1v) is 4.77. The van der Waals surface area contributed by atoms with E-state index in [1.807, 2.05) is 6.07 Å². The zero-order valence-electron chi connectivity index (χ0n) is 8.43. The van der Waals surface area contributed by atoms with Gasteiger partial charge in [0.1, 0.15) is 6.33 Å². The SMILES string of the molecule is OCC(O)Cc1ccc(-n2cnnn2)nc1. The Bertz CT molecular complexity index is 428. The maximum absolute atomic E-state index is 9.25. The highest BCUT2D eigenvalue weighted by Gasteiger charge is 2.05. The van der Waals surface area contributed by atoms with Crippen molar-refractivity contribution in [1.82, 2.24) is 25.2 Å². The highest BCUT2D eigenvalue weighted by molar-refractivity contribution is 5.23. The van der Waals surface area contributed by atoms with E-state index in [0.717, 1.165) is 5.56 Å². The van der Waals surface area contributed by atoms with Gasteiger partial charge in [-0.2, -0.15) is 4.68 Å². The van der Waals surface area contributed by atoms with E-state index in [4.69, 9.17) is 5.11 Å². The number of rotatable bonds is 4. The number of aliphatic hydroxyl groups excluding tert-OH is 2. The van der Waals surface area contributed by atoms with E-state index >= 15 is 0 Å². The molecule has 0 fully saturated rings. The minimum Gasteiger partial charge on any atom is -0.394 e. The quantitative estimate of drug-likeness (QED) is 0.684. The van der Waals surface area contributed by atoms with Gasteiger partial charge in [0.25, 0.3) is 0 Å². The molecular weight excluding hydrogens is 210 g/mol. The Labute approximate surface area is 91.4 Å². The highest BCUT2D eigenvalue weighted by atomic mass is 16.3. The lowest BCUT2D eigenvalue weighted by atomic mass is 10.1. The molecule has 16 heavy (non-hydrogen) atoms. The van der Waals surface area contributed by atoms with Crippen molar-refractivity contribution in [2.24, 2.45) is 0 Å². The fraction of sp³-hybridized carbons (Fsp3) is 0.333. The van der Waals surface area contributed by atoms with Gasteiger partial charge in [-0.25, -0.2) is 4.98 Å². The zero-order chi connectivity index (χ0) is 11.4. The Morgan fingerprint density at radius 2 is 2.25 bits per heavy atom. The first-order valence-electron chi connectivity index (χ1n) is 4.77. The Hall–Kier alpha value is -1.86. The number of hydrogen-bond acceptors (Lipinski definition) is 6. The van der Waals surface area contributed by atoms with Gasteiger partial charge in [-0.05, 0) is 22.1 Å². The molecule has 2 aromatic heterocycles. The van der Waals surface area contributed by atoms with Crippen LogP contribution in [-0.2, 0) is 6.42 Å². The van der Waals surface area contributed by atoms with Crippen molar-refractivity contribution in [2.45, 2.75) is 12.5 Å². The summed E-state index contributed by atoms with van der Waals surface area (Å²) in [5.41, 5.74) is 0.846. The Kier molecular flexibility index (Phi) is 3.18. The summed E-state index contributed by atoms with van der Waals surface area (Å²) in [4.78, 5) is 4.14.